The van der Waals surface area contributed by atoms with Gasteiger partial charge in [-0.25, -0.2) is 4.98 Å². The van der Waals surface area contributed by atoms with E-state index in [-0.39, 0.29) is 0 Å². The third-order valence-electron chi connectivity index (χ3n) is 4.44. The Hall–Kier alpha value is -2.13. The van der Waals surface area contributed by atoms with Crippen molar-refractivity contribution in [3.63, 3.8) is 0 Å². The number of nitrogens with one attached hydrogen (secondary N) is 1. The number of hydrogen-bond donors (Lipinski definition) is 1. The highest BCUT2D eigenvalue weighted by molar-refractivity contribution is 6.07. The van der Waals surface area contributed by atoms with Gasteiger partial charge >= 0.3 is 0 Å². The molecule has 1 N–H and O–H groups in total. The minimum Gasteiger partial charge on any atom is -0.384 e. The van der Waals surface area contributed by atoms with Crippen LogP contribution in [0.5, 0.6) is 0 Å². The zero-order valence-electron chi connectivity index (χ0n) is 14.0. The lowest BCUT2D eigenvalue weighted by atomic mass is 10.1. The van der Waals surface area contributed by atoms with Gasteiger partial charge in [0.2, 0.25) is 0 Å². The number of hydrogen-bond acceptors (Lipinski definition) is 3. The van der Waals surface area contributed by atoms with Gasteiger partial charge in [-0.15, -0.1) is 0 Å². The molecule has 0 aliphatic heterocycles. The number of benzene rings is 2. The maximum Gasteiger partial charge on any atom is 0.0730 e. The minimum atomic E-state index is 0.981. The van der Waals surface area contributed by atoms with Crippen molar-refractivity contribution in [3.05, 3.63) is 48.5 Å². The first-order valence-electron chi connectivity index (χ1n) is 8.57. The maximum absolute atomic E-state index is 4.77. The molecule has 1 heterocycles. The fraction of sp³-hybridized carbons (Fsp3) is 0.350. The number of anilines is 1. The van der Waals surface area contributed by atoms with Crippen LogP contribution in [0.25, 0.3) is 21.8 Å². The highest BCUT2D eigenvalue weighted by Gasteiger charge is 2.08. The van der Waals surface area contributed by atoms with Crippen LogP contribution in [-0.4, -0.2) is 36.1 Å². The van der Waals surface area contributed by atoms with E-state index in [2.05, 4.69) is 60.5 Å². The molecule has 0 amide bonds. The summed E-state index contributed by atoms with van der Waals surface area (Å²) in [4.78, 5) is 7.24. The highest BCUT2D eigenvalue weighted by Crippen LogP contribution is 2.30. The van der Waals surface area contributed by atoms with Gasteiger partial charge in [0.25, 0.3) is 0 Å². The molecule has 0 saturated carbocycles. The molecule has 0 fully saturated rings. The van der Waals surface area contributed by atoms with Crippen molar-refractivity contribution >= 4 is 27.5 Å². The molecule has 0 unspecified atom stereocenters. The monoisotopic (exact) mass is 307 g/mol. The number of aromatic nitrogens is 1. The van der Waals surface area contributed by atoms with Crippen molar-refractivity contribution in [1.29, 1.82) is 0 Å². The van der Waals surface area contributed by atoms with Crippen molar-refractivity contribution in [2.75, 3.05) is 31.5 Å². The van der Waals surface area contributed by atoms with Crippen LogP contribution in [0.2, 0.25) is 0 Å². The van der Waals surface area contributed by atoms with Crippen molar-refractivity contribution in [1.82, 2.24) is 9.88 Å². The molecule has 0 bridgehead atoms. The Balaban J connectivity index is 1.85. The molecule has 3 nitrogen and oxygen atoms in total. The van der Waals surface area contributed by atoms with Crippen LogP contribution in [0, 0.1) is 0 Å². The molecule has 2 aromatic carbocycles. The van der Waals surface area contributed by atoms with Gasteiger partial charge in [-0.05, 0) is 38.2 Å². The van der Waals surface area contributed by atoms with Gasteiger partial charge in [-0.2, -0.15) is 0 Å². The molecule has 0 aliphatic rings. The molecule has 120 valence electrons. The molecule has 0 atom stereocenters. The molecule has 0 spiro atoms. The van der Waals surface area contributed by atoms with Gasteiger partial charge in [0.1, 0.15) is 0 Å². The van der Waals surface area contributed by atoms with Gasteiger partial charge in [0.15, 0.2) is 0 Å². The summed E-state index contributed by atoms with van der Waals surface area (Å²) in [5.74, 6) is 0. The summed E-state index contributed by atoms with van der Waals surface area (Å²) in [7, 11) is 0. The first-order valence-corrected chi connectivity index (χ1v) is 8.57. The van der Waals surface area contributed by atoms with Crippen LogP contribution in [0.1, 0.15) is 20.3 Å². The molecular weight excluding hydrogens is 282 g/mol. The first kappa shape index (κ1) is 15.8. The van der Waals surface area contributed by atoms with Gasteiger partial charge in [-0.3, -0.25) is 0 Å². The van der Waals surface area contributed by atoms with Crippen LogP contribution in [0.3, 0.4) is 0 Å². The lowest BCUT2D eigenvalue weighted by Crippen LogP contribution is -2.25. The second-order valence-electron chi connectivity index (χ2n) is 5.83. The van der Waals surface area contributed by atoms with Gasteiger partial charge in [0, 0.05) is 17.3 Å². The summed E-state index contributed by atoms with van der Waals surface area (Å²) in [6, 6.07) is 16.7. The Morgan fingerprint density at radius 3 is 2.00 bits per heavy atom. The second kappa shape index (κ2) is 7.42. The maximum atomic E-state index is 4.77. The van der Waals surface area contributed by atoms with E-state index in [9.17, 15) is 0 Å². The molecule has 3 heteroatoms. The average molecular weight is 307 g/mol. The third-order valence-corrected chi connectivity index (χ3v) is 4.44. The van der Waals surface area contributed by atoms with Crippen molar-refractivity contribution in [2.24, 2.45) is 0 Å². The predicted molar refractivity (Wildman–Crippen MR) is 100 cm³/mol. The topological polar surface area (TPSA) is 28.2 Å². The fourth-order valence-electron chi connectivity index (χ4n) is 3.09. The van der Waals surface area contributed by atoms with Crippen LogP contribution >= 0.6 is 0 Å². The summed E-state index contributed by atoms with van der Waals surface area (Å²) < 4.78 is 0. The smallest absolute Gasteiger partial charge is 0.0730 e. The average Bonchev–Trinajstić information content (AvgIpc) is 2.61. The predicted octanol–water partition coefficient (Wildman–Crippen LogP) is 4.53. The van der Waals surface area contributed by atoms with E-state index in [0.29, 0.717) is 0 Å². The Morgan fingerprint density at radius 1 is 0.870 bits per heavy atom. The number of nitrogens with zero attached hydrogens (tertiary/aromatic N) is 2. The molecule has 0 saturated heterocycles. The zero-order valence-corrected chi connectivity index (χ0v) is 14.0. The van der Waals surface area contributed by atoms with Crippen LogP contribution in [-0.2, 0) is 0 Å². The van der Waals surface area contributed by atoms with Gasteiger partial charge in [0.05, 0.1) is 16.7 Å². The number of fused-ring (bicyclic) bond motifs is 2. The summed E-state index contributed by atoms with van der Waals surface area (Å²) >= 11 is 0. The van der Waals surface area contributed by atoms with Crippen LogP contribution in [0.15, 0.2) is 48.5 Å². The zero-order chi connectivity index (χ0) is 16.1. The lowest BCUT2D eigenvalue weighted by molar-refractivity contribution is 0.303. The standard InChI is InChI=1S/C20H25N3/c1-3-23(4-2)15-9-14-21-20-16-10-5-7-12-18(16)22-19-13-8-6-11-17(19)20/h5-8,10-13H,3-4,9,14-15H2,1-2H3,(H,21,22). The van der Waals surface area contributed by atoms with Crippen molar-refractivity contribution in [2.45, 2.75) is 20.3 Å². The van der Waals surface area contributed by atoms with Crippen molar-refractivity contribution < 1.29 is 0 Å². The van der Waals surface area contributed by atoms with E-state index in [0.717, 1.165) is 43.6 Å². The second-order valence-corrected chi connectivity index (χ2v) is 5.83. The minimum absolute atomic E-state index is 0.981. The van der Waals surface area contributed by atoms with Crippen LogP contribution < -0.4 is 5.32 Å². The van der Waals surface area contributed by atoms with Crippen molar-refractivity contribution in [3.8, 4) is 0 Å². The molecule has 3 rings (SSSR count). The fourth-order valence-corrected chi connectivity index (χ4v) is 3.09. The normalized spacial score (nSPS) is 11.4. The molecule has 0 aliphatic carbocycles. The van der Waals surface area contributed by atoms with E-state index < -0.39 is 0 Å². The van der Waals surface area contributed by atoms with Gasteiger partial charge < -0.3 is 10.2 Å². The molecular formula is C20H25N3. The summed E-state index contributed by atoms with van der Waals surface area (Å²) in [5.41, 5.74) is 3.32. The van der Waals surface area contributed by atoms with Gasteiger partial charge in [-0.1, -0.05) is 50.2 Å². The van der Waals surface area contributed by atoms with Crippen LogP contribution in [0.4, 0.5) is 5.69 Å². The molecule has 0 radical (unpaired) electrons. The molecule has 3 aromatic rings. The number of para-hydroxylation sites is 2. The quantitative estimate of drug-likeness (QED) is 0.513. The third kappa shape index (κ3) is 3.45. The summed E-state index contributed by atoms with van der Waals surface area (Å²) in [6.07, 6.45) is 1.15. The SMILES string of the molecule is CCN(CC)CCCNc1c2ccccc2nc2ccccc12. The largest absolute Gasteiger partial charge is 0.384 e. The van der Waals surface area contributed by atoms with E-state index >= 15 is 0 Å². The Kier molecular flexibility index (Phi) is 5.09. The molecule has 23 heavy (non-hydrogen) atoms. The van der Waals surface area contributed by atoms with E-state index in [1.807, 2.05) is 12.1 Å². The number of pyridine rings is 1. The first-order chi connectivity index (χ1) is 11.3. The Morgan fingerprint density at radius 2 is 1.43 bits per heavy atom. The summed E-state index contributed by atoms with van der Waals surface area (Å²) in [6.45, 7) is 8.81. The van der Waals surface area contributed by atoms with E-state index in [1.54, 1.807) is 0 Å². The molecule has 1 aromatic heterocycles. The highest BCUT2D eigenvalue weighted by atomic mass is 15.1. The van der Waals surface area contributed by atoms with E-state index in [4.69, 9.17) is 4.98 Å². The Bertz CT molecular complexity index is 724. The van der Waals surface area contributed by atoms with E-state index in [1.165, 1.54) is 16.5 Å². The lowest BCUT2D eigenvalue weighted by Gasteiger charge is -2.18. The Labute approximate surface area is 138 Å². The summed E-state index contributed by atoms with van der Waals surface area (Å²) in [5, 5.41) is 6.07. The number of rotatable bonds is 7.